The van der Waals surface area contributed by atoms with Crippen LogP contribution in [0.4, 0.5) is 4.79 Å². The number of ether oxygens (including phenoxy) is 1. The second kappa shape index (κ2) is 9.35. The summed E-state index contributed by atoms with van der Waals surface area (Å²) in [7, 11) is 1.64. The van der Waals surface area contributed by atoms with Gasteiger partial charge in [0.15, 0.2) is 0 Å². The van der Waals surface area contributed by atoms with Gasteiger partial charge >= 0.3 is 6.03 Å². The summed E-state index contributed by atoms with van der Waals surface area (Å²) in [6.07, 6.45) is 3.23. The molecule has 8 heteroatoms. The van der Waals surface area contributed by atoms with Crippen LogP contribution in [0, 0.1) is 0 Å². The van der Waals surface area contributed by atoms with Crippen LogP contribution in [0.3, 0.4) is 0 Å². The van der Waals surface area contributed by atoms with E-state index in [0.29, 0.717) is 25.4 Å². The minimum Gasteiger partial charge on any atom is -0.497 e. The van der Waals surface area contributed by atoms with Gasteiger partial charge in [-0.2, -0.15) is 0 Å². The molecule has 1 atom stereocenters. The summed E-state index contributed by atoms with van der Waals surface area (Å²) in [5.74, 6) is 1.10. The first kappa shape index (κ1) is 22.8. The lowest BCUT2D eigenvalue weighted by molar-refractivity contribution is -0.132. The number of hydrogen-bond donors (Lipinski definition) is 1. The molecule has 2 saturated heterocycles. The standard InChI is InChI=1S/C26H30N4O3S/c1-26(14-11-18-7-9-20(33-2)10-8-18)24(31)30(25(32)28-26)17-29-15-12-19(13-16-29)23-27-21-5-3-4-6-22(21)34-23/h3-10,19H,11-17H2,1-2H3,(H,28,32)/t26-/m0/s1. The van der Waals surface area contributed by atoms with Crippen molar-refractivity contribution in [2.45, 2.75) is 44.1 Å². The molecule has 1 N–H and O–H groups in total. The number of aromatic nitrogens is 1. The number of carbonyl (C=O) groups excluding carboxylic acids is 2. The van der Waals surface area contributed by atoms with E-state index in [1.54, 1.807) is 18.4 Å². The molecule has 2 aliphatic heterocycles. The Morgan fingerprint density at radius 3 is 2.56 bits per heavy atom. The minimum atomic E-state index is -0.879. The lowest BCUT2D eigenvalue weighted by Crippen LogP contribution is -2.47. The van der Waals surface area contributed by atoms with E-state index in [9.17, 15) is 9.59 Å². The Morgan fingerprint density at radius 2 is 1.85 bits per heavy atom. The van der Waals surface area contributed by atoms with Crippen LogP contribution in [0.2, 0.25) is 0 Å². The van der Waals surface area contributed by atoms with E-state index in [1.165, 1.54) is 14.6 Å². The number of fused-ring (bicyclic) bond motifs is 1. The first-order chi connectivity index (χ1) is 16.4. The molecule has 0 unspecified atom stereocenters. The highest BCUT2D eigenvalue weighted by Gasteiger charge is 2.47. The summed E-state index contributed by atoms with van der Waals surface area (Å²) in [5, 5.41) is 4.14. The van der Waals surface area contributed by atoms with Gasteiger partial charge in [-0.3, -0.25) is 9.69 Å². The van der Waals surface area contributed by atoms with Crippen molar-refractivity contribution in [2.75, 3.05) is 26.9 Å². The molecule has 3 amide bonds. The van der Waals surface area contributed by atoms with Gasteiger partial charge in [0, 0.05) is 19.0 Å². The molecule has 5 rings (SSSR count). The predicted octanol–water partition coefficient (Wildman–Crippen LogP) is 4.39. The number of piperidine rings is 1. The number of methoxy groups -OCH3 is 1. The van der Waals surface area contributed by atoms with E-state index in [0.717, 1.165) is 42.8 Å². The van der Waals surface area contributed by atoms with Crippen molar-refractivity contribution in [2.24, 2.45) is 0 Å². The lowest BCUT2D eigenvalue weighted by atomic mass is 9.93. The molecule has 3 heterocycles. The van der Waals surface area contributed by atoms with Gasteiger partial charge in [0.2, 0.25) is 0 Å². The topological polar surface area (TPSA) is 74.8 Å². The van der Waals surface area contributed by atoms with Gasteiger partial charge in [-0.1, -0.05) is 24.3 Å². The quantitative estimate of drug-likeness (QED) is 0.510. The van der Waals surface area contributed by atoms with E-state index in [4.69, 9.17) is 9.72 Å². The van der Waals surface area contributed by atoms with Crippen LogP contribution in [-0.2, 0) is 11.2 Å². The molecule has 7 nitrogen and oxygen atoms in total. The molecule has 0 saturated carbocycles. The number of likely N-dealkylation sites (tertiary alicyclic amines) is 1. The first-order valence-corrected chi connectivity index (χ1v) is 12.6. The van der Waals surface area contributed by atoms with Gasteiger partial charge < -0.3 is 10.1 Å². The van der Waals surface area contributed by atoms with E-state index in [2.05, 4.69) is 28.4 Å². The maximum atomic E-state index is 13.2. The van der Waals surface area contributed by atoms with Crippen LogP contribution >= 0.6 is 11.3 Å². The number of amides is 3. The number of rotatable bonds is 7. The molecular weight excluding hydrogens is 448 g/mol. The average Bonchev–Trinajstić information content (AvgIpc) is 3.38. The molecule has 0 aliphatic carbocycles. The van der Waals surface area contributed by atoms with Crippen LogP contribution < -0.4 is 10.1 Å². The number of aryl methyl sites for hydroxylation is 1. The van der Waals surface area contributed by atoms with E-state index >= 15 is 0 Å². The maximum absolute atomic E-state index is 13.2. The SMILES string of the molecule is COc1ccc(CC[C@]2(C)NC(=O)N(CN3CCC(c4nc5ccccc5s4)CC3)C2=O)cc1. The third-order valence-corrected chi connectivity index (χ3v) is 8.21. The number of imide groups is 1. The largest absolute Gasteiger partial charge is 0.497 e. The Balaban J connectivity index is 1.16. The van der Waals surface area contributed by atoms with Crippen LogP contribution in [0.5, 0.6) is 5.75 Å². The number of nitrogens with zero attached hydrogens (tertiary/aromatic N) is 3. The molecule has 1 aromatic heterocycles. The Morgan fingerprint density at radius 1 is 1.12 bits per heavy atom. The van der Waals surface area contributed by atoms with Crippen molar-refractivity contribution in [3.8, 4) is 5.75 Å². The highest BCUT2D eigenvalue weighted by molar-refractivity contribution is 7.18. The summed E-state index contributed by atoms with van der Waals surface area (Å²) in [5.41, 5.74) is 1.30. The van der Waals surface area contributed by atoms with Crippen LogP contribution in [-0.4, -0.2) is 59.1 Å². The summed E-state index contributed by atoms with van der Waals surface area (Å²) in [6, 6.07) is 15.8. The molecule has 3 aromatic rings. The Hall–Kier alpha value is -2.97. The zero-order valence-electron chi connectivity index (χ0n) is 19.6. The second-order valence-corrected chi connectivity index (χ2v) is 10.5. The molecule has 2 aliphatic rings. The van der Waals surface area contributed by atoms with Crippen LogP contribution in [0.25, 0.3) is 10.2 Å². The number of nitrogens with one attached hydrogen (secondary N) is 1. The van der Waals surface area contributed by atoms with Gasteiger partial charge in [-0.05, 0) is 62.4 Å². The van der Waals surface area contributed by atoms with Gasteiger partial charge in [0.05, 0.1) is 29.0 Å². The molecule has 34 heavy (non-hydrogen) atoms. The zero-order valence-corrected chi connectivity index (χ0v) is 20.4. The van der Waals surface area contributed by atoms with Gasteiger partial charge in [-0.15, -0.1) is 11.3 Å². The van der Waals surface area contributed by atoms with E-state index < -0.39 is 5.54 Å². The number of para-hydroxylation sites is 1. The Kier molecular flexibility index (Phi) is 6.27. The van der Waals surface area contributed by atoms with Gasteiger partial charge in [0.1, 0.15) is 11.3 Å². The summed E-state index contributed by atoms with van der Waals surface area (Å²) < 4.78 is 6.43. The van der Waals surface area contributed by atoms with Crippen molar-refractivity contribution >= 4 is 33.5 Å². The van der Waals surface area contributed by atoms with Crippen LogP contribution in [0.1, 0.15) is 42.7 Å². The van der Waals surface area contributed by atoms with Gasteiger partial charge in [-0.25, -0.2) is 14.7 Å². The maximum Gasteiger partial charge on any atom is 0.326 e. The van der Waals surface area contributed by atoms with Crippen molar-refractivity contribution in [3.05, 3.63) is 59.1 Å². The summed E-state index contributed by atoms with van der Waals surface area (Å²) >= 11 is 1.78. The highest BCUT2D eigenvalue weighted by atomic mass is 32.1. The molecule has 0 bridgehead atoms. The van der Waals surface area contributed by atoms with Crippen molar-refractivity contribution < 1.29 is 14.3 Å². The molecule has 2 aromatic carbocycles. The second-order valence-electron chi connectivity index (χ2n) is 9.40. The number of benzene rings is 2. The number of hydrogen-bond acceptors (Lipinski definition) is 6. The third kappa shape index (κ3) is 4.52. The number of thiazole rings is 1. The minimum absolute atomic E-state index is 0.140. The third-order valence-electron chi connectivity index (χ3n) is 7.01. The fourth-order valence-electron chi connectivity index (χ4n) is 4.82. The normalized spacial score (nSPS) is 21.9. The predicted molar refractivity (Wildman–Crippen MR) is 133 cm³/mol. The molecule has 0 radical (unpaired) electrons. The number of carbonyl (C=O) groups is 2. The zero-order chi connectivity index (χ0) is 23.7. The molecule has 2 fully saturated rings. The average molecular weight is 479 g/mol. The van der Waals surface area contributed by atoms with E-state index in [1.807, 2.05) is 37.3 Å². The smallest absolute Gasteiger partial charge is 0.326 e. The number of urea groups is 1. The fraction of sp³-hybridized carbons (Fsp3) is 0.423. The van der Waals surface area contributed by atoms with Crippen molar-refractivity contribution in [1.29, 1.82) is 0 Å². The summed E-state index contributed by atoms with van der Waals surface area (Å²) in [6.45, 7) is 3.87. The fourth-order valence-corrected chi connectivity index (χ4v) is 5.95. The monoisotopic (exact) mass is 478 g/mol. The van der Waals surface area contributed by atoms with Crippen molar-refractivity contribution in [3.63, 3.8) is 0 Å². The molecular formula is C26H30N4O3S. The Labute approximate surface area is 203 Å². The molecule has 178 valence electrons. The van der Waals surface area contributed by atoms with Gasteiger partial charge in [0.25, 0.3) is 5.91 Å². The highest BCUT2D eigenvalue weighted by Crippen LogP contribution is 2.34. The lowest BCUT2D eigenvalue weighted by Gasteiger charge is -2.33. The molecule has 0 spiro atoms. The summed E-state index contributed by atoms with van der Waals surface area (Å²) in [4.78, 5) is 34.3. The van der Waals surface area contributed by atoms with Crippen LogP contribution in [0.15, 0.2) is 48.5 Å². The van der Waals surface area contributed by atoms with Crippen molar-refractivity contribution in [1.82, 2.24) is 20.1 Å². The van der Waals surface area contributed by atoms with E-state index in [-0.39, 0.29) is 11.9 Å². The Bertz CT molecular complexity index is 1150. The first-order valence-electron chi connectivity index (χ1n) is 11.8.